The number of carbonyl (C=O) groups excluding carboxylic acids is 3. The van der Waals surface area contributed by atoms with Gasteiger partial charge in [-0.15, -0.1) is 0 Å². The quantitative estimate of drug-likeness (QED) is 0.336. The molecule has 0 bridgehead atoms. The molecule has 10 nitrogen and oxygen atoms in total. The van der Waals surface area contributed by atoms with Crippen LogP contribution in [0.5, 0.6) is 5.75 Å². The maximum Gasteiger partial charge on any atom is 0.311 e. The number of nitrogens with one attached hydrogen (secondary N) is 1. The summed E-state index contributed by atoms with van der Waals surface area (Å²) in [5.41, 5.74) is 2.63. The Bertz CT molecular complexity index is 1110. The molecule has 174 valence electrons. The van der Waals surface area contributed by atoms with Gasteiger partial charge in [0.2, 0.25) is 5.91 Å². The maximum absolute atomic E-state index is 12.5. The second-order valence-electron chi connectivity index (χ2n) is 7.60. The molecule has 1 saturated heterocycles. The van der Waals surface area contributed by atoms with Crippen molar-refractivity contribution in [3.63, 3.8) is 0 Å². The molecule has 1 N–H and O–H groups in total. The van der Waals surface area contributed by atoms with Crippen LogP contribution in [0.4, 0.5) is 17.1 Å². The Morgan fingerprint density at radius 2 is 1.91 bits per heavy atom. The summed E-state index contributed by atoms with van der Waals surface area (Å²) >= 11 is 3.46. The Labute approximate surface area is 198 Å². The zero-order valence-corrected chi connectivity index (χ0v) is 19.8. The van der Waals surface area contributed by atoms with Crippen LogP contribution in [0.1, 0.15) is 17.5 Å². The average Bonchev–Trinajstić information content (AvgIpc) is 3.16. The van der Waals surface area contributed by atoms with Gasteiger partial charge in [0, 0.05) is 29.2 Å². The molecule has 1 atom stereocenters. The number of non-ortho nitro benzene ring substituents is 1. The Morgan fingerprint density at radius 3 is 2.52 bits per heavy atom. The van der Waals surface area contributed by atoms with Crippen molar-refractivity contribution in [1.29, 1.82) is 0 Å². The van der Waals surface area contributed by atoms with E-state index in [1.807, 2.05) is 13.8 Å². The minimum Gasteiger partial charge on any atom is -0.494 e. The van der Waals surface area contributed by atoms with Crippen molar-refractivity contribution < 1.29 is 28.8 Å². The number of methoxy groups -OCH3 is 1. The van der Waals surface area contributed by atoms with Crippen molar-refractivity contribution in [2.24, 2.45) is 5.92 Å². The van der Waals surface area contributed by atoms with Gasteiger partial charge in [0.1, 0.15) is 5.75 Å². The Kier molecular flexibility index (Phi) is 7.32. The highest BCUT2D eigenvalue weighted by molar-refractivity contribution is 9.10. The molecule has 0 spiro atoms. The molecule has 3 rings (SSSR count). The summed E-state index contributed by atoms with van der Waals surface area (Å²) in [6.45, 7) is 3.32. The standard InChI is InChI=1S/C22H22BrN3O7/c1-12-6-15(7-13(2)21(12)23)24-19(27)11-33-22(29)14-8-20(28)25(10-14)17-5-4-16(26(30)31)9-18(17)32-3/h4-7,9,14H,8,10-11H2,1-3H3,(H,24,27)/t14-/m1/s1. The molecule has 33 heavy (non-hydrogen) atoms. The number of hydrogen-bond acceptors (Lipinski definition) is 7. The second-order valence-corrected chi connectivity index (χ2v) is 8.39. The first kappa shape index (κ1) is 24.2. The molecule has 2 aromatic carbocycles. The minimum atomic E-state index is -0.776. The lowest BCUT2D eigenvalue weighted by atomic mass is 10.1. The molecule has 0 unspecified atom stereocenters. The van der Waals surface area contributed by atoms with Gasteiger partial charge in [0.25, 0.3) is 11.6 Å². The van der Waals surface area contributed by atoms with Crippen LogP contribution in [0.15, 0.2) is 34.8 Å². The van der Waals surface area contributed by atoms with Gasteiger partial charge in [0.05, 0.1) is 29.7 Å². The van der Waals surface area contributed by atoms with E-state index in [2.05, 4.69) is 21.2 Å². The fraction of sp³-hybridized carbons (Fsp3) is 0.318. The zero-order valence-electron chi connectivity index (χ0n) is 18.2. The van der Waals surface area contributed by atoms with Crippen molar-refractivity contribution in [2.45, 2.75) is 20.3 Å². The van der Waals surface area contributed by atoms with Gasteiger partial charge in [-0.05, 0) is 43.2 Å². The number of benzene rings is 2. The maximum atomic E-state index is 12.5. The summed E-state index contributed by atoms with van der Waals surface area (Å²) in [5, 5.41) is 13.7. The normalized spacial score (nSPS) is 15.3. The molecule has 0 saturated carbocycles. The lowest BCUT2D eigenvalue weighted by Crippen LogP contribution is -2.28. The monoisotopic (exact) mass is 519 g/mol. The number of hydrogen-bond donors (Lipinski definition) is 1. The van der Waals surface area contributed by atoms with Crippen LogP contribution in [-0.4, -0.2) is 43.0 Å². The van der Waals surface area contributed by atoms with Crippen molar-refractivity contribution >= 4 is 50.8 Å². The van der Waals surface area contributed by atoms with Gasteiger partial charge in [-0.1, -0.05) is 15.9 Å². The molecule has 1 fully saturated rings. The fourth-order valence-electron chi connectivity index (χ4n) is 3.57. The van der Waals surface area contributed by atoms with Crippen LogP contribution in [0.3, 0.4) is 0 Å². The summed E-state index contributed by atoms with van der Waals surface area (Å²) in [4.78, 5) is 48.9. The second kappa shape index (κ2) is 9.99. The summed E-state index contributed by atoms with van der Waals surface area (Å²) < 4.78 is 11.3. The van der Waals surface area contributed by atoms with Gasteiger partial charge in [0.15, 0.2) is 6.61 Å². The first-order chi connectivity index (χ1) is 15.6. The lowest BCUT2D eigenvalue weighted by Gasteiger charge is -2.19. The molecule has 0 aliphatic carbocycles. The molecule has 0 radical (unpaired) electrons. The number of ether oxygens (including phenoxy) is 2. The van der Waals surface area contributed by atoms with Crippen LogP contribution < -0.4 is 15.0 Å². The summed E-state index contributed by atoms with van der Waals surface area (Å²) in [6.07, 6.45) is -0.105. The molecule has 2 amide bonds. The third-order valence-electron chi connectivity index (χ3n) is 5.19. The van der Waals surface area contributed by atoms with Crippen molar-refractivity contribution in [3.8, 4) is 5.75 Å². The van der Waals surface area contributed by atoms with Crippen molar-refractivity contribution in [1.82, 2.24) is 0 Å². The Balaban J connectivity index is 1.60. The number of carbonyl (C=O) groups is 3. The van der Waals surface area contributed by atoms with Crippen LogP contribution in [0, 0.1) is 29.9 Å². The van der Waals surface area contributed by atoms with E-state index in [4.69, 9.17) is 9.47 Å². The fourth-order valence-corrected chi connectivity index (χ4v) is 3.80. The van der Waals surface area contributed by atoms with Crippen molar-refractivity contribution in [3.05, 3.63) is 56.0 Å². The van der Waals surface area contributed by atoms with Crippen LogP contribution in [0.25, 0.3) is 0 Å². The zero-order chi connectivity index (χ0) is 24.3. The van der Waals surface area contributed by atoms with E-state index in [0.29, 0.717) is 11.4 Å². The Hall–Kier alpha value is -3.47. The molecular weight excluding hydrogens is 498 g/mol. The van der Waals surface area contributed by atoms with Gasteiger partial charge in [-0.3, -0.25) is 24.5 Å². The van der Waals surface area contributed by atoms with E-state index in [0.717, 1.165) is 15.6 Å². The minimum absolute atomic E-state index is 0.0125. The summed E-state index contributed by atoms with van der Waals surface area (Å²) in [7, 11) is 1.34. The SMILES string of the molecule is COc1cc([N+](=O)[O-])ccc1N1C[C@H](C(=O)OCC(=O)Nc2cc(C)c(Br)c(C)c2)CC1=O. The van der Waals surface area contributed by atoms with Gasteiger partial charge >= 0.3 is 5.97 Å². The molecule has 2 aromatic rings. The van der Waals surface area contributed by atoms with Gasteiger partial charge < -0.3 is 19.7 Å². The molecule has 1 heterocycles. The molecule has 1 aliphatic rings. The largest absolute Gasteiger partial charge is 0.494 e. The van der Waals surface area contributed by atoms with E-state index in [9.17, 15) is 24.5 Å². The molecule has 11 heteroatoms. The third-order valence-corrected chi connectivity index (χ3v) is 6.44. The number of nitro groups is 1. The number of amides is 2. The lowest BCUT2D eigenvalue weighted by molar-refractivity contribution is -0.384. The number of anilines is 2. The Morgan fingerprint density at radius 1 is 1.24 bits per heavy atom. The number of esters is 1. The number of nitrogens with zero attached hydrogens (tertiary/aromatic N) is 2. The highest BCUT2D eigenvalue weighted by Crippen LogP contribution is 2.36. The first-order valence-corrected chi connectivity index (χ1v) is 10.8. The predicted molar refractivity (Wildman–Crippen MR) is 123 cm³/mol. The number of nitro benzene ring substituents is 1. The van der Waals surface area contributed by atoms with E-state index in [1.165, 1.54) is 30.2 Å². The number of rotatable bonds is 7. The van der Waals surface area contributed by atoms with E-state index in [1.54, 1.807) is 12.1 Å². The number of halogens is 1. The summed E-state index contributed by atoms with van der Waals surface area (Å²) in [6, 6.07) is 7.46. The number of aryl methyl sites for hydroxylation is 2. The van der Waals surface area contributed by atoms with E-state index < -0.39 is 29.3 Å². The van der Waals surface area contributed by atoms with Crippen LogP contribution in [0.2, 0.25) is 0 Å². The van der Waals surface area contributed by atoms with Crippen LogP contribution in [-0.2, 0) is 19.1 Å². The van der Waals surface area contributed by atoms with Gasteiger partial charge in [-0.25, -0.2) is 0 Å². The topological polar surface area (TPSA) is 128 Å². The first-order valence-electron chi connectivity index (χ1n) is 9.96. The van der Waals surface area contributed by atoms with Crippen molar-refractivity contribution in [2.75, 3.05) is 30.5 Å². The predicted octanol–water partition coefficient (Wildman–Crippen LogP) is 3.52. The van der Waals surface area contributed by atoms with E-state index in [-0.39, 0.29) is 30.3 Å². The highest BCUT2D eigenvalue weighted by Gasteiger charge is 2.37. The molecule has 1 aliphatic heterocycles. The third kappa shape index (κ3) is 5.48. The molecular formula is C22H22BrN3O7. The van der Waals surface area contributed by atoms with Crippen LogP contribution >= 0.6 is 15.9 Å². The highest BCUT2D eigenvalue weighted by atomic mass is 79.9. The molecule has 0 aromatic heterocycles. The van der Waals surface area contributed by atoms with Gasteiger partial charge in [-0.2, -0.15) is 0 Å². The van der Waals surface area contributed by atoms with E-state index >= 15 is 0 Å². The smallest absolute Gasteiger partial charge is 0.311 e. The average molecular weight is 520 g/mol. The summed E-state index contributed by atoms with van der Waals surface area (Å²) in [5.74, 6) is -2.16.